The van der Waals surface area contributed by atoms with Crippen LogP contribution in [0.25, 0.3) is 10.4 Å². The van der Waals surface area contributed by atoms with Gasteiger partial charge in [0.2, 0.25) is 0 Å². The van der Waals surface area contributed by atoms with Crippen molar-refractivity contribution in [2.45, 2.75) is 6.92 Å². The molecule has 0 aliphatic rings. The van der Waals surface area contributed by atoms with E-state index in [-0.39, 0.29) is 11.5 Å². The molecule has 2 nitrogen and oxygen atoms in total. The zero-order valence-corrected chi connectivity index (χ0v) is 8.51. The van der Waals surface area contributed by atoms with Gasteiger partial charge in [-0.15, -0.1) is 11.3 Å². The van der Waals surface area contributed by atoms with Crippen LogP contribution in [0, 0.1) is 6.92 Å². The largest absolute Gasteiger partial charge is 0.508 e. The van der Waals surface area contributed by atoms with Crippen molar-refractivity contribution in [2.75, 3.05) is 0 Å². The molecule has 2 aromatic rings. The summed E-state index contributed by atoms with van der Waals surface area (Å²) in [5.41, 5.74) is 2.04. The van der Waals surface area contributed by atoms with Gasteiger partial charge in [0.15, 0.2) is 0 Å². The summed E-state index contributed by atoms with van der Waals surface area (Å²) in [6, 6.07) is 6.64. The SMILES string of the molecule is Cc1csc(-c2cc(O)cc(O)c2)c1. The number of hydrogen-bond acceptors (Lipinski definition) is 3. The van der Waals surface area contributed by atoms with E-state index in [4.69, 9.17) is 0 Å². The molecule has 2 N–H and O–H groups in total. The van der Waals surface area contributed by atoms with E-state index in [0.29, 0.717) is 0 Å². The first kappa shape index (κ1) is 9.09. The van der Waals surface area contributed by atoms with Crippen molar-refractivity contribution in [3.8, 4) is 21.9 Å². The summed E-state index contributed by atoms with van der Waals surface area (Å²) in [6.07, 6.45) is 0. The Labute approximate surface area is 86.1 Å². The Morgan fingerprint density at radius 2 is 1.64 bits per heavy atom. The fourth-order valence-corrected chi connectivity index (χ4v) is 2.21. The van der Waals surface area contributed by atoms with Crippen molar-refractivity contribution < 1.29 is 10.2 Å². The maximum atomic E-state index is 9.31. The molecule has 0 aliphatic carbocycles. The van der Waals surface area contributed by atoms with E-state index in [1.54, 1.807) is 23.5 Å². The first-order valence-corrected chi connectivity index (χ1v) is 5.11. The van der Waals surface area contributed by atoms with Gasteiger partial charge in [-0.1, -0.05) is 0 Å². The van der Waals surface area contributed by atoms with Gasteiger partial charge in [-0.3, -0.25) is 0 Å². The average Bonchev–Trinajstić information content (AvgIpc) is 2.50. The second-order valence-corrected chi connectivity index (χ2v) is 4.14. The Morgan fingerprint density at radius 1 is 1.00 bits per heavy atom. The lowest BCUT2D eigenvalue weighted by Gasteiger charge is -2.00. The van der Waals surface area contributed by atoms with Gasteiger partial charge in [0, 0.05) is 10.9 Å². The highest BCUT2D eigenvalue weighted by molar-refractivity contribution is 7.13. The summed E-state index contributed by atoms with van der Waals surface area (Å²) in [5.74, 6) is 0.178. The van der Waals surface area contributed by atoms with Crippen LogP contribution < -0.4 is 0 Å². The number of aryl methyl sites for hydroxylation is 1. The third-order valence-electron chi connectivity index (χ3n) is 1.92. The number of rotatable bonds is 1. The van der Waals surface area contributed by atoms with Crippen LogP contribution in [0.15, 0.2) is 29.6 Å². The van der Waals surface area contributed by atoms with Crippen molar-refractivity contribution in [3.05, 3.63) is 35.2 Å². The van der Waals surface area contributed by atoms with Crippen LogP contribution in [0.4, 0.5) is 0 Å². The molecule has 0 bridgehead atoms. The van der Waals surface area contributed by atoms with Crippen LogP contribution in [0.3, 0.4) is 0 Å². The molecule has 0 spiro atoms. The quantitative estimate of drug-likeness (QED) is 0.752. The predicted octanol–water partition coefficient (Wildman–Crippen LogP) is 3.13. The summed E-state index contributed by atoms with van der Waals surface area (Å²) in [5, 5.41) is 20.7. The molecule has 72 valence electrons. The molecule has 1 aromatic carbocycles. The minimum atomic E-state index is 0.0889. The molecule has 0 radical (unpaired) electrons. The maximum Gasteiger partial charge on any atom is 0.119 e. The van der Waals surface area contributed by atoms with Crippen molar-refractivity contribution in [2.24, 2.45) is 0 Å². The molecule has 3 heteroatoms. The first-order chi connectivity index (χ1) is 6.65. The molecule has 0 unspecified atom stereocenters. The van der Waals surface area contributed by atoms with Crippen LogP contribution in [-0.4, -0.2) is 10.2 Å². The zero-order chi connectivity index (χ0) is 10.1. The number of aromatic hydroxyl groups is 2. The normalized spacial score (nSPS) is 10.4. The predicted molar refractivity (Wildman–Crippen MR) is 57.8 cm³/mol. The van der Waals surface area contributed by atoms with E-state index in [1.165, 1.54) is 11.6 Å². The number of benzene rings is 1. The second kappa shape index (κ2) is 3.35. The standard InChI is InChI=1S/C11H10O2S/c1-7-2-11(14-6-7)8-3-9(12)5-10(13)4-8/h2-6,12-13H,1H3. The molecular formula is C11H10O2S. The summed E-state index contributed by atoms with van der Waals surface area (Å²) < 4.78 is 0. The zero-order valence-electron chi connectivity index (χ0n) is 7.69. The van der Waals surface area contributed by atoms with E-state index < -0.39 is 0 Å². The Kier molecular flexibility index (Phi) is 2.17. The van der Waals surface area contributed by atoms with Gasteiger partial charge in [-0.25, -0.2) is 0 Å². The molecule has 0 saturated carbocycles. The molecule has 1 aromatic heterocycles. The third kappa shape index (κ3) is 1.72. The topological polar surface area (TPSA) is 40.5 Å². The molecule has 0 fully saturated rings. The van der Waals surface area contributed by atoms with Crippen molar-refractivity contribution >= 4 is 11.3 Å². The van der Waals surface area contributed by atoms with E-state index in [0.717, 1.165) is 10.4 Å². The summed E-state index contributed by atoms with van der Waals surface area (Å²) >= 11 is 1.60. The highest BCUT2D eigenvalue weighted by Gasteiger charge is 2.03. The molecule has 0 amide bonds. The molecule has 0 saturated heterocycles. The minimum absolute atomic E-state index is 0.0889. The van der Waals surface area contributed by atoms with Crippen molar-refractivity contribution in [1.82, 2.24) is 0 Å². The van der Waals surface area contributed by atoms with E-state index in [2.05, 4.69) is 0 Å². The average molecular weight is 206 g/mol. The summed E-state index contributed by atoms with van der Waals surface area (Å²) in [4.78, 5) is 1.05. The van der Waals surface area contributed by atoms with Gasteiger partial charge in [-0.2, -0.15) is 0 Å². The lowest BCUT2D eigenvalue weighted by molar-refractivity contribution is 0.451. The van der Waals surface area contributed by atoms with E-state index in [1.807, 2.05) is 18.4 Å². The fourth-order valence-electron chi connectivity index (χ4n) is 1.32. The summed E-state index contributed by atoms with van der Waals surface area (Å²) in [6.45, 7) is 2.02. The van der Waals surface area contributed by atoms with Gasteiger partial charge < -0.3 is 10.2 Å². The lowest BCUT2D eigenvalue weighted by Crippen LogP contribution is -1.73. The van der Waals surface area contributed by atoms with Crippen LogP contribution in [-0.2, 0) is 0 Å². The monoisotopic (exact) mass is 206 g/mol. The molecule has 0 atom stereocenters. The van der Waals surface area contributed by atoms with Crippen LogP contribution >= 0.6 is 11.3 Å². The van der Waals surface area contributed by atoms with Gasteiger partial charge in [0.25, 0.3) is 0 Å². The van der Waals surface area contributed by atoms with Gasteiger partial charge in [-0.05, 0) is 41.6 Å². The third-order valence-corrected chi connectivity index (χ3v) is 3.01. The molecule has 2 rings (SSSR count). The second-order valence-electron chi connectivity index (χ2n) is 3.23. The van der Waals surface area contributed by atoms with Gasteiger partial charge >= 0.3 is 0 Å². The number of phenols is 2. The van der Waals surface area contributed by atoms with E-state index in [9.17, 15) is 10.2 Å². The van der Waals surface area contributed by atoms with E-state index >= 15 is 0 Å². The molecular weight excluding hydrogens is 196 g/mol. The van der Waals surface area contributed by atoms with Crippen LogP contribution in [0.2, 0.25) is 0 Å². The Hall–Kier alpha value is -1.48. The molecule has 1 heterocycles. The molecule has 14 heavy (non-hydrogen) atoms. The van der Waals surface area contributed by atoms with Gasteiger partial charge in [0.05, 0.1) is 0 Å². The minimum Gasteiger partial charge on any atom is -0.508 e. The smallest absolute Gasteiger partial charge is 0.119 e. The van der Waals surface area contributed by atoms with Crippen molar-refractivity contribution in [3.63, 3.8) is 0 Å². The van der Waals surface area contributed by atoms with Crippen LogP contribution in [0.5, 0.6) is 11.5 Å². The first-order valence-electron chi connectivity index (χ1n) is 4.24. The van der Waals surface area contributed by atoms with Crippen molar-refractivity contribution in [1.29, 1.82) is 0 Å². The Morgan fingerprint density at radius 3 is 2.14 bits per heavy atom. The summed E-state index contributed by atoms with van der Waals surface area (Å²) in [7, 11) is 0. The lowest BCUT2D eigenvalue weighted by atomic mass is 10.1. The number of thiophene rings is 1. The number of hydrogen-bond donors (Lipinski definition) is 2. The Bertz CT molecular complexity index is 440. The van der Waals surface area contributed by atoms with Gasteiger partial charge in [0.1, 0.15) is 11.5 Å². The fraction of sp³-hybridized carbons (Fsp3) is 0.0909. The van der Waals surface area contributed by atoms with Crippen LogP contribution in [0.1, 0.15) is 5.56 Å². The highest BCUT2D eigenvalue weighted by Crippen LogP contribution is 2.32. The number of phenolic OH excluding ortho intramolecular Hbond substituents is 2. The Balaban J connectivity index is 2.51. The highest BCUT2D eigenvalue weighted by atomic mass is 32.1. The maximum absolute atomic E-state index is 9.31. The molecule has 0 aliphatic heterocycles.